The third-order valence-corrected chi connectivity index (χ3v) is 7.09. The van der Waals surface area contributed by atoms with E-state index in [-0.39, 0.29) is 11.8 Å². The summed E-state index contributed by atoms with van der Waals surface area (Å²) in [6, 6.07) is 14.0. The molecule has 176 valence electrons. The molecule has 1 aliphatic carbocycles. The first-order valence-corrected chi connectivity index (χ1v) is 12.5. The van der Waals surface area contributed by atoms with Crippen molar-refractivity contribution in [3.63, 3.8) is 0 Å². The maximum Gasteiger partial charge on any atom is 0.256 e. The lowest BCUT2D eigenvalue weighted by Crippen LogP contribution is -2.35. The molecule has 0 bridgehead atoms. The quantitative estimate of drug-likeness (QED) is 0.449. The van der Waals surface area contributed by atoms with Gasteiger partial charge in [-0.1, -0.05) is 60.1 Å². The molecule has 0 radical (unpaired) electrons. The van der Waals surface area contributed by atoms with Gasteiger partial charge in [-0.15, -0.1) is 0 Å². The molecule has 0 fully saturated rings. The Bertz CT molecular complexity index is 1200. The van der Waals surface area contributed by atoms with E-state index < -0.39 is 0 Å². The summed E-state index contributed by atoms with van der Waals surface area (Å²) in [6.07, 6.45) is 4.55. The summed E-state index contributed by atoms with van der Waals surface area (Å²) in [5.74, 6) is -0.165. The topological polar surface area (TPSA) is 61.4 Å². The molecule has 0 spiro atoms. The van der Waals surface area contributed by atoms with E-state index >= 15 is 0 Å². The van der Waals surface area contributed by atoms with Gasteiger partial charge in [0.2, 0.25) is 0 Å². The number of likely N-dealkylation sites (N-methyl/N-ethyl adjacent to an activating group) is 1. The van der Waals surface area contributed by atoms with Gasteiger partial charge in [-0.2, -0.15) is 0 Å². The van der Waals surface area contributed by atoms with E-state index in [4.69, 9.17) is 0 Å². The molecule has 4 rings (SSSR count). The molecule has 0 unspecified atom stereocenters. The van der Waals surface area contributed by atoms with Crippen LogP contribution in [-0.2, 0) is 9.59 Å². The number of carbonyl (C=O) groups is 2. The van der Waals surface area contributed by atoms with Crippen LogP contribution in [0, 0.1) is 0 Å². The van der Waals surface area contributed by atoms with Crippen LogP contribution in [0.2, 0.25) is 0 Å². The Balaban J connectivity index is 1.59. The van der Waals surface area contributed by atoms with E-state index in [0.29, 0.717) is 24.1 Å². The number of benzene rings is 2. The van der Waals surface area contributed by atoms with Gasteiger partial charge in [-0.05, 0) is 73.0 Å². The van der Waals surface area contributed by atoms with Crippen molar-refractivity contribution in [2.75, 3.05) is 31.5 Å². The highest BCUT2D eigenvalue weighted by atomic mass is 79.9. The van der Waals surface area contributed by atoms with Crippen LogP contribution in [0.1, 0.15) is 32.8 Å². The molecule has 0 aromatic heterocycles. The number of hydrogen-bond acceptors (Lipinski definition) is 3. The minimum Gasteiger partial charge on any atom is -0.351 e. The average molecular weight is 520 g/mol. The Morgan fingerprint density at radius 1 is 1.15 bits per heavy atom. The first-order valence-electron chi connectivity index (χ1n) is 11.8. The molecule has 2 N–H and O–H groups in total. The fraction of sp³-hybridized carbons (Fsp3) is 0.286. The lowest BCUT2D eigenvalue weighted by Gasteiger charge is -2.18. The Morgan fingerprint density at radius 3 is 2.59 bits per heavy atom. The molecule has 6 heteroatoms. The van der Waals surface area contributed by atoms with Crippen molar-refractivity contribution in [1.29, 1.82) is 0 Å². The van der Waals surface area contributed by atoms with Crippen LogP contribution in [0.4, 0.5) is 5.69 Å². The SMILES string of the molecule is CCN(CC)CCNC(=O)C1=CCC(/C=C2\C(=O)Nc3cccc(-c4ccc(Br)cc4)c32)=C1C. The fourth-order valence-corrected chi connectivity index (χ4v) is 4.78. The zero-order valence-electron chi connectivity index (χ0n) is 19.9. The van der Waals surface area contributed by atoms with Crippen molar-refractivity contribution < 1.29 is 9.59 Å². The Morgan fingerprint density at radius 2 is 1.88 bits per heavy atom. The Hall–Kier alpha value is -2.96. The molecular formula is C28H30BrN3O2. The van der Waals surface area contributed by atoms with Crippen LogP contribution in [-0.4, -0.2) is 42.9 Å². The van der Waals surface area contributed by atoms with E-state index in [1.807, 2.05) is 61.5 Å². The number of amides is 2. The molecule has 2 aliphatic rings. The highest BCUT2D eigenvalue weighted by Crippen LogP contribution is 2.41. The molecule has 2 amide bonds. The third kappa shape index (κ3) is 4.93. The van der Waals surface area contributed by atoms with Gasteiger partial charge in [0.15, 0.2) is 0 Å². The largest absolute Gasteiger partial charge is 0.351 e. The van der Waals surface area contributed by atoms with Crippen molar-refractivity contribution in [1.82, 2.24) is 10.2 Å². The van der Waals surface area contributed by atoms with Crippen LogP contribution in [0.5, 0.6) is 0 Å². The Kier molecular flexibility index (Phi) is 7.49. The van der Waals surface area contributed by atoms with Crippen LogP contribution >= 0.6 is 15.9 Å². The number of rotatable bonds is 8. The van der Waals surface area contributed by atoms with E-state index in [2.05, 4.69) is 45.3 Å². The molecule has 1 aliphatic heterocycles. The zero-order valence-corrected chi connectivity index (χ0v) is 21.5. The van der Waals surface area contributed by atoms with Gasteiger partial charge in [-0.3, -0.25) is 9.59 Å². The van der Waals surface area contributed by atoms with E-state index in [9.17, 15) is 9.59 Å². The molecule has 0 saturated carbocycles. The summed E-state index contributed by atoms with van der Waals surface area (Å²) in [5.41, 5.74) is 7.04. The molecule has 0 saturated heterocycles. The minimum atomic E-state index is -0.114. The van der Waals surface area contributed by atoms with Crippen LogP contribution in [0.15, 0.2) is 75.8 Å². The lowest BCUT2D eigenvalue weighted by molar-refractivity contribution is -0.117. The zero-order chi connectivity index (χ0) is 24.2. The minimum absolute atomic E-state index is 0.0510. The number of allylic oxidation sites excluding steroid dienone is 3. The maximum atomic E-state index is 12.9. The van der Waals surface area contributed by atoms with Gasteiger partial charge in [0, 0.05) is 40.0 Å². The lowest BCUT2D eigenvalue weighted by atomic mass is 9.93. The van der Waals surface area contributed by atoms with Gasteiger partial charge in [0.1, 0.15) is 0 Å². The predicted molar refractivity (Wildman–Crippen MR) is 142 cm³/mol. The molecule has 0 atom stereocenters. The number of carbonyl (C=O) groups excluding carboxylic acids is 2. The number of anilines is 1. The number of hydrogen-bond donors (Lipinski definition) is 2. The van der Waals surface area contributed by atoms with Crippen molar-refractivity contribution in [3.05, 3.63) is 81.4 Å². The molecule has 2 aromatic rings. The molecule has 2 aromatic carbocycles. The number of fused-ring (bicyclic) bond motifs is 1. The Labute approximate surface area is 209 Å². The summed E-state index contributed by atoms with van der Waals surface area (Å²) in [5, 5.41) is 6.04. The second-order valence-electron chi connectivity index (χ2n) is 8.50. The summed E-state index contributed by atoms with van der Waals surface area (Å²) in [7, 11) is 0. The summed E-state index contributed by atoms with van der Waals surface area (Å²) in [4.78, 5) is 28.0. The van der Waals surface area contributed by atoms with Crippen molar-refractivity contribution >= 4 is 39.0 Å². The first-order chi connectivity index (χ1) is 16.4. The summed E-state index contributed by atoms with van der Waals surface area (Å²) < 4.78 is 1.01. The van der Waals surface area contributed by atoms with Crippen LogP contribution in [0.3, 0.4) is 0 Å². The number of nitrogens with one attached hydrogen (secondary N) is 2. The van der Waals surface area contributed by atoms with E-state index in [0.717, 1.165) is 57.6 Å². The molecular weight excluding hydrogens is 490 g/mol. The smallest absolute Gasteiger partial charge is 0.256 e. The highest BCUT2D eigenvalue weighted by Gasteiger charge is 2.28. The van der Waals surface area contributed by atoms with E-state index in [1.54, 1.807) is 0 Å². The monoisotopic (exact) mass is 519 g/mol. The standard InChI is InChI=1S/C28H30BrN3O2/c1-4-32(5-2)16-15-30-27(33)22-14-11-20(18(22)3)17-24-26-23(19-9-12-21(29)13-10-19)7-6-8-25(26)31-28(24)34/h6-10,12-14,17H,4-5,11,15-16H2,1-3H3,(H,30,33)(H,31,34)/b24-17-. The van der Waals surface area contributed by atoms with Gasteiger partial charge in [-0.25, -0.2) is 0 Å². The first kappa shape index (κ1) is 24.2. The normalized spacial score (nSPS) is 16.2. The van der Waals surface area contributed by atoms with Gasteiger partial charge in [0.05, 0.1) is 0 Å². The second-order valence-corrected chi connectivity index (χ2v) is 9.42. The van der Waals surface area contributed by atoms with Crippen molar-refractivity contribution in [3.8, 4) is 11.1 Å². The van der Waals surface area contributed by atoms with Crippen molar-refractivity contribution in [2.45, 2.75) is 27.2 Å². The predicted octanol–water partition coefficient (Wildman–Crippen LogP) is 5.56. The maximum absolute atomic E-state index is 12.9. The van der Waals surface area contributed by atoms with Crippen LogP contribution < -0.4 is 10.6 Å². The highest BCUT2D eigenvalue weighted by molar-refractivity contribution is 9.10. The fourth-order valence-electron chi connectivity index (χ4n) is 4.52. The number of halogens is 1. The summed E-state index contributed by atoms with van der Waals surface area (Å²) in [6.45, 7) is 9.60. The van der Waals surface area contributed by atoms with Gasteiger partial charge in [0.25, 0.3) is 11.8 Å². The molecule has 5 nitrogen and oxygen atoms in total. The second kappa shape index (κ2) is 10.5. The van der Waals surface area contributed by atoms with E-state index in [1.165, 1.54) is 0 Å². The molecule has 34 heavy (non-hydrogen) atoms. The third-order valence-electron chi connectivity index (χ3n) is 6.56. The van der Waals surface area contributed by atoms with Crippen molar-refractivity contribution in [2.24, 2.45) is 0 Å². The average Bonchev–Trinajstić information content (AvgIpc) is 3.36. The van der Waals surface area contributed by atoms with Crippen LogP contribution in [0.25, 0.3) is 16.7 Å². The van der Waals surface area contributed by atoms with Gasteiger partial charge >= 0.3 is 0 Å². The molecule has 1 heterocycles. The number of nitrogens with zero attached hydrogens (tertiary/aromatic N) is 1. The summed E-state index contributed by atoms with van der Waals surface area (Å²) >= 11 is 3.49. The van der Waals surface area contributed by atoms with Gasteiger partial charge < -0.3 is 15.5 Å².